The topological polar surface area (TPSA) is 41.5 Å². The maximum absolute atomic E-state index is 12.9. The number of rotatable bonds is 5. The molecular formula is C25H23BrN2O. The molecule has 0 heterocycles. The van der Waals surface area contributed by atoms with Gasteiger partial charge in [0.15, 0.2) is 0 Å². The largest absolute Gasteiger partial charge is 0.273 e. The first kappa shape index (κ1) is 19.6. The van der Waals surface area contributed by atoms with Crippen LogP contribution in [-0.4, -0.2) is 12.1 Å². The van der Waals surface area contributed by atoms with Crippen LogP contribution in [0.25, 0.3) is 0 Å². The third kappa shape index (κ3) is 4.03. The van der Waals surface area contributed by atoms with Crippen LogP contribution in [0.1, 0.15) is 34.2 Å². The summed E-state index contributed by atoms with van der Waals surface area (Å²) in [6.07, 6.45) is 2.46. The van der Waals surface area contributed by atoms with Crippen molar-refractivity contribution in [1.82, 2.24) is 5.43 Å². The van der Waals surface area contributed by atoms with E-state index in [-0.39, 0.29) is 17.2 Å². The van der Waals surface area contributed by atoms with E-state index >= 15 is 0 Å². The Morgan fingerprint density at radius 3 is 1.97 bits per heavy atom. The third-order valence-electron chi connectivity index (χ3n) is 5.67. The lowest BCUT2D eigenvalue weighted by Gasteiger charge is -2.19. The second kappa shape index (κ2) is 7.96. The molecule has 1 fully saturated rings. The van der Waals surface area contributed by atoms with E-state index < -0.39 is 0 Å². The molecule has 1 aliphatic rings. The van der Waals surface area contributed by atoms with E-state index in [0.717, 1.165) is 16.5 Å². The number of aryl methyl sites for hydroxylation is 2. The van der Waals surface area contributed by atoms with Crippen molar-refractivity contribution in [3.8, 4) is 0 Å². The molecule has 0 bridgehead atoms. The van der Waals surface area contributed by atoms with E-state index in [1.807, 2.05) is 24.3 Å². The van der Waals surface area contributed by atoms with Gasteiger partial charge in [0, 0.05) is 9.89 Å². The van der Waals surface area contributed by atoms with Gasteiger partial charge in [-0.05, 0) is 49.1 Å². The average molecular weight is 447 g/mol. The summed E-state index contributed by atoms with van der Waals surface area (Å²) in [7, 11) is 0. The number of benzene rings is 3. The van der Waals surface area contributed by atoms with E-state index in [4.69, 9.17) is 0 Å². The molecule has 146 valence electrons. The lowest BCUT2D eigenvalue weighted by atomic mass is 9.85. The van der Waals surface area contributed by atoms with Crippen LogP contribution >= 0.6 is 15.9 Å². The summed E-state index contributed by atoms with van der Waals surface area (Å²) in [4.78, 5) is 12.9. The van der Waals surface area contributed by atoms with Gasteiger partial charge in [0.1, 0.15) is 0 Å². The zero-order valence-electron chi connectivity index (χ0n) is 16.5. The first-order valence-electron chi connectivity index (χ1n) is 9.72. The maximum Gasteiger partial charge on any atom is 0.244 e. The Morgan fingerprint density at radius 1 is 0.931 bits per heavy atom. The van der Waals surface area contributed by atoms with Crippen LogP contribution in [-0.2, 0) is 10.2 Å². The van der Waals surface area contributed by atoms with Crippen molar-refractivity contribution in [2.45, 2.75) is 25.7 Å². The Bertz CT molecular complexity index is 992. The molecule has 1 amide bonds. The molecule has 3 nitrogen and oxygen atoms in total. The summed E-state index contributed by atoms with van der Waals surface area (Å²) in [5.74, 6) is -0.172. The van der Waals surface area contributed by atoms with Crippen LogP contribution in [0.15, 0.2) is 82.4 Å². The van der Waals surface area contributed by atoms with Gasteiger partial charge in [0.2, 0.25) is 5.91 Å². The Balaban J connectivity index is 1.56. The number of amides is 1. The monoisotopic (exact) mass is 446 g/mol. The van der Waals surface area contributed by atoms with Crippen LogP contribution in [0.5, 0.6) is 0 Å². The number of carbonyl (C=O) groups is 1. The molecular weight excluding hydrogens is 424 g/mol. The van der Waals surface area contributed by atoms with E-state index in [1.165, 1.54) is 22.3 Å². The van der Waals surface area contributed by atoms with Gasteiger partial charge >= 0.3 is 0 Å². The Kier molecular flexibility index (Phi) is 5.37. The summed E-state index contributed by atoms with van der Waals surface area (Å²) in [5.41, 5.74) is 8.20. The standard InChI is InChI=1S/C25H23BrN2O/c1-17-3-9-20(10-4-17)25(21-11-5-18(2)6-12-21)15-23(25)24(29)28-27-16-19-7-13-22(26)14-8-19/h3-14,16,23H,15H2,1-2H3,(H,28,29)/b27-16-/t23-/m1/s1. The molecule has 1 saturated carbocycles. The average Bonchev–Trinajstić information content (AvgIpc) is 3.47. The highest BCUT2D eigenvalue weighted by molar-refractivity contribution is 9.10. The Morgan fingerprint density at radius 2 is 1.45 bits per heavy atom. The number of hydrogen-bond acceptors (Lipinski definition) is 2. The summed E-state index contributed by atoms with van der Waals surface area (Å²) in [5, 5.41) is 4.17. The van der Waals surface area contributed by atoms with E-state index in [1.54, 1.807) is 6.21 Å². The summed E-state index contributed by atoms with van der Waals surface area (Å²) < 4.78 is 1.01. The van der Waals surface area contributed by atoms with Crippen LogP contribution in [0.2, 0.25) is 0 Å². The number of nitrogens with one attached hydrogen (secondary N) is 1. The zero-order valence-corrected chi connectivity index (χ0v) is 18.1. The first-order valence-corrected chi connectivity index (χ1v) is 10.5. The molecule has 1 atom stereocenters. The molecule has 0 aliphatic heterocycles. The molecule has 3 aromatic carbocycles. The first-order chi connectivity index (χ1) is 14.0. The fourth-order valence-electron chi connectivity index (χ4n) is 3.88. The van der Waals surface area contributed by atoms with Gasteiger partial charge in [0.25, 0.3) is 0 Å². The van der Waals surface area contributed by atoms with Gasteiger partial charge in [-0.25, -0.2) is 5.43 Å². The molecule has 0 aromatic heterocycles. The molecule has 1 aliphatic carbocycles. The molecule has 0 saturated heterocycles. The summed E-state index contributed by atoms with van der Waals surface area (Å²) >= 11 is 3.42. The molecule has 3 aromatic rings. The molecule has 0 spiro atoms. The number of hydrazone groups is 1. The van der Waals surface area contributed by atoms with Gasteiger partial charge in [-0.2, -0.15) is 5.10 Å². The fraction of sp³-hybridized carbons (Fsp3) is 0.200. The maximum atomic E-state index is 12.9. The quantitative estimate of drug-likeness (QED) is 0.406. The molecule has 29 heavy (non-hydrogen) atoms. The number of hydrogen-bond donors (Lipinski definition) is 1. The fourth-order valence-corrected chi connectivity index (χ4v) is 4.15. The smallest absolute Gasteiger partial charge is 0.244 e. The van der Waals surface area contributed by atoms with Crippen molar-refractivity contribution < 1.29 is 4.79 Å². The second-order valence-corrected chi connectivity index (χ2v) is 8.66. The van der Waals surface area contributed by atoms with Crippen molar-refractivity contribution >= 4 is 28.1 Å². The predicted octanol–water partition coefficient (Wildman–Crippen LogP) is 5.52. The molecule has 4 heteroatoms. The lowest BCUT2D eigenvalue weighted by Crippen LogP contribution is -2.25. The SMILES string of the molecule is Cc1ccc(C2(c3ccc(C)cc3)C[C@@H]2C(=O)N/N=C\c2ccc(Br)cc2)cc1. The van der Waals surface area contributed by atoms with E-state index in [0.29, 0.717) is 0 Å². The number of halogens is 1. The van der Waals surface area contributed by atoms with E-state index in [9.17, 15) is 4.79 Å². The van der Waals surface area contributed by atoms with Gasteiger partial charge in [-0.1, -0.05) is 87.7 Å². The van der Waals surface area contributed by atoms with Crippen molar-refractivity contribution in [3.63, 3.8) is 0 Å². The van der Waals surface area contributed by atoms with Gasteiger partial charge in [0.05, 0.1) is 12.1 Å². The number of carbonyl (C=O) groups excluding carboxylic acids is 1. The van der Waals surface area contributed by atoms with Gasteiger partial charge < -0.3 is 0 Å². The highest BCUT2D eigenvalue weighted by Crippen LogP contribution is 2.59. The van der Waals surface area contributed by atoms with Gasteiger partial charge in [-0.15, -0.1) is 0 Å². The summed E-state index contributed by atoms with van der Waals surface area (Å²) in [6.45, 7) is 4.16. The second-order valence-electron chi connectivity index (χ2n) is 7.75. The predicted molar refractivity (Wildman–Crippen MR) is 121 cm³/mol. The minimum Gasteiger partial charge on any atom is -0.273 e. The Labute approximate surface area is 180 Å². The minimum absolute atomic E-state index is 0.0421. The minimum atomic E-state index is -0.279. The van der Waals surface area contributed by atoms with Crippen LogP contribution in [0.4, 0.5) is 0 Å². The molecule has 0 radical (unpaired) electrons. The van der Waals surface area contributed by atoms with Gasteiger partial charge in [-0.3, -0.25) is 4.79 Å². The van der Waals surface area contributed by atoms with E-state index in [2.05, 4.69) is 88.8 Å². The zero-order chi connectivity index (χ0) is 20.4. The lowest BCUT2D eigenvalue weighted by molar-refractivity contribution is -0.122. The van der Waals surface area contributed by atoms with Crippen LogP contribution in [0.3, 0.4) is 0 Å². The van der Waals surface area contributed by atoms with Crippen molar-refractivity contribution in [3.05, 3.63) is 105 Å². The number of nitrogens with zero attached hydrogens (tertiary/aromatic N) is 1. The highest BCUT2D eigenvalue weighted by atomic mass is 79.9. The third-order valence-corrected chi connectivity index (χ3v) is 6.20. The molecule has 0 unspecified atom stereocenters. The van der Waals surface area contributed by atoms with Crippen LogP contribution < -0.4 is 5.43 Å². The highest BCUT2D eigenvalue weighted by Gasteiger charge is 2.60. The van der Waals surface area contributed by atoms with Crippen molar-refractivity contribution in [1.29, 1.82) is 0 Å². The Hall–Kier alpha value is -2.72. The van der Waals surface area contributed by atoms with Crippen LogP contribution in [0, 0.1) is 19.8 Å². The molecule has 1 N–H and O–H groups in total. The summed E-state index contributed by atoms with van der Waals surface area (Å²) in [6, 6.07) is 24.8. The van der Waals surface area contributed by atoms with Crippen molar-refractivity contribution in [2.75, 3.05) is 0 Å². The normalized spacial score (nSPS) is 17.3. The van der Waals surface area contributed by atoms with Crippen molar-refractivity contribution in [2.24, 2.45) is 11.0 Å². The molecule has 4 rings (SSSR count).